The van der Waals surface area contributed by atoms with Gasteiger partial charge in [0, 0.05) is 10.9 Å². The highest BCUT2D eigenvalue weighted by atomic mass is 32.2. The van der Waals surface area contributed by atoms with Crippen LogP contribution in [0.1, 0.15) is 4.88 Å². The zero-order chi connectivity index (χ0) is 17.1. The Hall–Kier alpha value is -2.03. The first-order chi connectivity index (χ1) is 11.6. The normalized spacial score (nSPS) is 11.7. The number of methoxy groups -OCH3 is 1. The van der Waals surface area contributed by atoms with Gasteiger partial charge in [-0.05, 0) is 36.6 Å². The van der Waals surface area contributed by atoms with Crippen molar-refractivity contribution in [2.24, 2.45) is 10.7 Å². The summed E-state index contributed by atoms with van der Waals surface area (Å²) in [7, 11) is 1.51. The molecule has 0 amide bonds. The quantitative estimate of drug-likeness (QED) is 0.393. The number of ether oxygens (including phenoxy) is 1. The molecule has 0 unspecified atom stereocenters. The largest absolute Gasteiger partial charge is 0.504 e. The van der Waals surface area contributed by atoms with Crippen LogP contribution in [0.5, 0.6) is 11.5 Å². The summed E-state index contributed by atoms with van der Waals surface area (Å²) in [5.74, 6) is 0.971. The number of aromatic hydroxyl groups is 1. The molecule has 5 nitrogen and oxygen atoms in total. The summed E-state index contributed by atoms with van der Waals surface area (Å²) in [5, 5.41) is 12.2. The Morgan fingerprint density at radius 2 is 2.17 bits per heavy atom. The molecular weight excluding hydrogens is 362 g/mol. The fourth-order valence-electron chi connectivity index (χ4n) is 2.01. The average Bonchev–Trinajstić information content (AvgIpc) is 3.24. The number of rotatable bonds is 5. The number of amidine groups is 1. The van der Waals surface area contributed by atoms with Crippen LogP contribution in [0.2, 0.25) is 0 Å². The van der Waals surface area contributed by atoms with Crippen molar-refractivity contribution in [1.29, 1.82) is 0 Å². The Morgan fingerprint density at radius 1 is 1.33 bits per heavy atom. The number of nitrogens with zero attached hydrogens (tertiary/aromatic N) is 2. The molecule has 0 radical (unpaired) electrons. The number of thiazole rings is 1. The fraction of sp³-hybridized carbons (Fsp3) is 0.125. The minimum absolute atomic E-state index is 0.0984. The molecule has 2 aromatic heterocycles. The molecule has 0 fully saturated rings. The van der Waals surface area contributed by atoms with Crippen molar-refractivity contribution >= 4 is 45.4 Å². The molecule has 3 rings (SSSR count). The van der Waals surface area contributed by atoms with Crippen LogP contribution in [0.25, 0.3) is 11.3 Å². The van der Waals surface area contributed by atoms with Crippen molar-refractivity contribution in [3.05, 3.63) is 40.6 Å². The molecular formula is C16H15N3O2S3. The van der Waals surface area contributed by atoms with Crippen LogP contribution in [0, 0.1) is 0 Å². The van der Waals surface area contributed by atoms with Crippen molar-refractivity contribution in [3.63, 3.8) is 0 Å². The predicted octanol–water partition coefficient (Wildman–Crippen LogP) is 4.34. The van der Waals surface area contributed by atoms with Crippen molar-refractivity contribution in [1.82, 2.24) is 4.98 Å². The number of phenols is 1. The van der Waals surface area contributed by atoms with Gasteiger partial charge in [0.1, 0.15) is 5.84 Å². The zero-order valence-corrected chi connectivity index (χ0v) is 15.5. The molecule has 3 N–H and O–H groups in total. The van der Waals surface area contributed by atoms with E-state index in [4.69, 9.17) is 10.5 Å². The van der Waals surface area contributed by atoms with Gasteiger partial charge in [-0.2, -0.15) is 0 Å². The maximum absolute atomic E-state index is 9.67. The lowest BCUT2D eigenvalue weighted by Gasteiger charge is -2.04. The second-order valence-corrected chi connectivity index (χ2v) is 7.75. The topological polar surface area (TPSA) is 80.7 Å². The fourth-order valence-corrected chi connectivity index (χ4v) is 4.16. The van der Waals surface area contributed by atoms with Gasteiger partial charge >= 0.3 is 0 Å². The summed E-state index contributed by atoms with van der Waals surface area (Å²) >= 11 is 4.71. The van der Waals surface area contributed by atoms with Gasteiger partial charge in [0.15, 0.2) is 11.5 Å². The molecule has 0 saturated carbocycles. The smallest absolute Gasteiger partial charge is 0.211 e. The third-order valence-electron chi connectivity index (χ3n) is 3.22. The van der Waals surface area contributed by atoms with Crippen LogP contribution in [0.3, 0.4) is 0 Å². The maximum atomic E-state index is 9.67. The second-order valence-electron chi connectivity index (χ2n) is 4.72. The van der Waals surface area contributed by atoms with Crippen molar-refractivity contribution in [2.75, 3.05) is 13.4 Å². The van der Waals surface area contributed by atoms with Gasteiger partial charge < -0.3 is 15.6 Å². The van der Waals surface area contributed by atoms with E-state index in [1.165, 1.54) is 22.7 Å². The molecule has 1 aromatic carbocycles. The number of aromatic nitrogens is 1. The van der Waals surface area contributed by atoms with E-state index in [0.717, 1.165) is 16.1 Å². The Kier molecular flexibility index (Phi) is 5.08. The number of aliphatic imine (C=N–C) groups is 1. The number of hydrogen-bond acceptors (Lipinski definition) is 7. The Labute approximate surface area is 151 Å². The SMILES string of the molecule is COc1cc(-c2csc(N=C(N)c3ccc(SC)s3)n2)ccc1O. The highest BCUT2D eigenvalue weighted by Gasteiger charge is 2.09. The summed E-state index contributed by atoms with van der Waals surface area (Å²) in [5.41, 5.74) is 7.69. The third-order valence-corrected chi connectivity index (χ3v) is 6.14. The van der Waals surface area contributed by atoms with Crippen LogP contribution in [0.15, 0.2) is 44.9 Å². The lowest BCUT2D eigenvalue weighted by molar-refractivity contribution is 0.373. The van der Waals surface area contributed by atoms with Crippen LogP contribution in [-0.4, -0.2) is 29.3 Å². The summed E-state index contributed by atoms with van der Waals surface area (Å²) in [6, 6.07) is 9.11. The number of thiophene rings is 1. The van der Waals surface area contributed by atoms with Crippen molar-refractivity contribution < 1.29 is 9.84 Å². The van der Waals surface area contributed by atoms with E-state index in [1.54, 1.807) is 41.3 Å². The second kappa shape index (κ2) is 7.25. The van der Waals surface area contributed by atoms with E-state index in [1.807, 2.05) is 23.8 Å². The molecule has 0 bridgehead atoms. The van der Waals surface area contributed by atoms with Crippen LogP contribution < -0.4 is 10.5 Å². The van der Waals surface area contributed by atoms with Crippen LogP contribution in [-0.2, 0) is 0 Å². The van der Waals surface area contributed by atoms with Gasteiger partial charge in [0.2, 0.25) is 5.13 Å². The van der Waals surface area contributed by atoms with E-state index >= 15 is 0 Å². The molecule has 124 valence electrons. The molecule has 0 aliphatic rings. The van der Waals surface area contributed by atoms with E-state index in [9.17, 15) is 5.11 Å². The van der Waals surface area contributed by atoms with Gasteiger partial charge in [-0.1, -0.05) is 0 Å². The molecule has 2 heterocycles. The zero-order valence-electron chi connectivity index (χ0n) is 13.0. The number of thioether (sulfide) groups is 1. The summed E-state index contributed by atoms with van der Waals surface area (Å²) in [6.07, 6.45) is 2.03. The maximum Gasteiger partial charge on any atom is 0.211 e. The van der Waals surface area contributed by atoms with E-state index < -0.39 is 0 Å². The Bertz CT molecular complexity index is 886. The lowest BCUT2D eigenvalue weighted by atomic mass is 10.1. The molecule has 0 saturated heterocycles. The molecule has 0 aliphatic heterocycles. The van der Waals surface area contributed by atoms with E-state index in [-0.39, 0.29) is 5.75 Å². The summed E-state index contributed by atoms with van der Waals surface area (Å²) in [6.45, 7) is 0. The molecule has 0 atom stereocenters. The number of hydrogen-bond donors (Lipinski definition) is 2. The van der Waals surface area contributed by atoms with Gasteiger partial charge in [0.05, 0.1) is 21.9 Å². The number of phenolic OH excluding ortho intramolecular Hbond substituents is 1. The molecule has 24 heavy (non-hydrogen) atoms. The molecule has 0 aliphatic carbocycles. The Balaban J connectivity index is 1.86. The van der Waals surface area contributed by atoms with Gasteiger partial charge in [0.25, 0.3) is 0 Å². The molecule has 8 heteroatoms. The number of nitrogens with two attached hydrogens (primary N) is 1. The van der Waals surface area contributed by atoms with Crippen LogP contribution >= 0.6 is 34.4 Å². The van der Waals surface area contributed by atoms with E-state index in [0.29, 0.717) is 16.7 Å². The lowest BCUT2D eigenvalue weighted by Crippen LogP contribution is -2.10. The highest BCUT2D eigenvalue weighted by molar-refractivity contribution is 8.00. The Morgan fingerprint density at radius 3 is 2.88 bits per heavy atom. The number of benzene rings is 1. The highest BCUT2D eigenvalue weighted by Crippen LogP contribution is 2.33. The van der Waals surface area contributed by atoms with Gasteiger partial charge in [-0.25, -0.2) is 9.98 Å². The third kappa shape index (κ3) is 3.55. The minimum atomic E-state index is 0.0984. The van der Waals surface area contributed by atoms with Crippen molar-refractivity contribution in [2.45, 2.75) is 4.21 Å². The first-order valence-corrected chi connectivity index (χ1v) is 9.84. The summed E-state index contributed by atoms with van der Waals surface area (Å²) < 4.78 is 6.32. The van der Waals surface area contributed by atoms with Crippen molar-refractivity contribution in [3.8, 4) is 22.8 Å². The van der Waals surface area contributed by atoms with E-state index in [2.05, 4.69) is 9.98 Å². The first kappa shape index (κ1) is 16.8. The molecule has 0 spiro atoms. The molecule has 3 aromatic rings. The summed E-state index contributed by atoms with van der Waals surface area (Å²) in [4.78, 5) is 9.83. The first-order valence-electron chi connectivity index (χ1n) is 6.92. The van der Waals surface area contributed by atoms with Gasteiger partial charge in [-0.15, -0.1) is 34.4 Å². The standard InChI is InChI=1S/C16H15N3O2S3/c1-21-12-7-9(3-4-11(12)20)10-8-23-16(18-10)19-15(17)13-5-6-14(22-2)24-13/h3-8,20H,1-2H3,(H2,17,18,19). The van der Waals surface area contributed by atoms with Crippen LogP contribution in [0.4, 0.5) is 5.13 Å². The average molecular weight is 378 g/mol. The monoisotopic (exact) mass is 377 g/mol. The van der Waals surface area contributed by atoms with Gasteiger partial charge in [-0.3, -0.25) is 0 Å². The predicted molar refractivity (Wildman–Crippen MR) is 102 cm³/mol. The minimum Gasteiger partial charge on any atom is -0.504 e.